The van der Waals surface area contributed by atoms with Crippen LogP contribution in [0.3, 0.4) is 0 Å². The van der Waals surface area contributed by atoms with E-state index in [1.54, 1.807) is 12.1 Å². The summed E-state index contributed by atoms with van der Waals surface area (Å²) in [5.74, 6) is -1.00. The van der Waals surface area contributed by atoms with Crippen molar-refractivity contribution in [1.82, 2.24) is 10.6 Å². The van der Waals surface area contributed by atoms with Crippen LogP contribution >= 0.6 is 11.3 Å². The fourth-order valence-corrected chi connectivity index (χ4v) is 4.86. The summed E-state index contributed by atoms with van der Waals surface area (Å²) < 4.78 is 5.67. The van der Waals surface area contributed by atoms with Crippen LogP contribution in [0.1, 0.15) is 45.2 Å². The topological polar surface area (TPSA) is 87.7 Å². The number of ether oxygens (including phenoxy) is 1. The van der Waals surface area contributed by atoms with Crippen molar-refractivity contribution in [2.75, 3.05) is 24.6 Å². The second-order valence-corrected chi connectivity index (χ2v) is 9.83. The SMILES string of the molecule is Cc1ccc(N(C(=O)CNC(=O)c2cccs2)C(C(=O)NCC2CCCO2)c2ccccc2)cc1C. The third kappa shape index (κ3) is 6.19. The van der Waals surface area contributed by atoms with Crippen LogP contribution in [0.25, 0.3) is 0 Å². The minimum absolute atomic E-state index is 0.0266. The minimum Gasteiger partial charge on any atom is -0.376 e. The van der Waals surface area contributed by atoms with Gasteiger partial charge in [-0.05, 0) is 67.0 Å². The van der Waals surface area contributed by atoms with Crippen molar-refractivity contribution in [2.45, 2.75) is 38.8 Å². The molecule has 1 aliphatic rings. The maximum Gasteiger partial charge on any atom is 0.261 e. The molecular weight excluding hydrogens is 474 g/mol. The zero-order valence-electron chi connectivity index (χ0n) is 20.5. The van der Waals surface area contributed by atoms with Crippen LogP contribution in [-0.4, -0.2) is 43.5 Å². The van der Waals surface area contributed by atoms with Crippen molar-refractivity contribution >= 4 is 34.7 Å². The summed E-state index contributed by atoms with van der Waals surface area (Å²) in [6.07, 6.45) is 1.84. The number of carbonyl (C=O) groups is 3. The summed E-state index contributed by atoms with van der Waals surface area (Å²) in [6, 6.07) is 17.5. The Balaban J connectivity index is 1.65. The molecule has 0 aliphatic carbocycles. The normalized spacial score (nSPS) is 15.8. The van der Waals surface area contributed by atoms with E-state index in [1.165, 1.54) is 16.2 Å². The number of aryl methyl sites for hydroxylation is 2. The molecule has 0 saturated carbocycles. The van der Waals surface area contributed by atoms with Gasteiger partial charge in [-0.15, -0.1) is 11.3 Å². The minimum atomic E-state index is -0.916. The number of anilines is 1. The second-order valence-electron chi connectivity index (χ2n) is 8.89. The number of nitrogens with one attached hydrogen (secondary N) is 2. The number of benzene rings is 2. The van der Waals surface area contributed by atoms with Gasteiger partial charge in [-0.3, -0.25) is 19.3 Å². The van der Waals surface area contributed by atoms with Crippen LogP contribution in [0, 0.1) is 13.8 Å². The third-order valence-corrected chi connectivity index (χ3v) is 7.20. The Morgan fingerprint density at radius 3 is 2.50 bits per heavy atom. The van der Waals surface area contributed by atoms with Gasteiger partial charge in [0.05, 0.1) is 17.5 Å². The lowest BCUT2D eigenvalue weighted by atomic mass is 10.0. The van der Waals surface area contributed by atoms with Gasteiger partial charge in [0.1, 0.15) is 6.04 Å². The zero-order valence-corrected chi connectivity index (χ0v) is 21.3. The lowest BCUT2D eigenvalue weighted by molar-refractivity contribution is -0.126. The van der Waals surface area contributed by atoms with Gasteiger partial charge < -0.3 is 15.4 Å². The Morgan fingerprint density at radius 1 is 1.03 bits per heavy atom. The molecule has 1 fully saturated rings. The van der Waals surface area contributed by atoms with Crippen molar-refractivity contribution < 1.29 is 19.1 Å². The highest BCUT2D eigenvalue weighted by molar-refractivity contribution is 7.12. The van der Waals surface area contributed by atoms with E-state index < -0.39 is 6.04 Å². The first-order valence-corrected chi connectivity index (χ1v) is 13.0. The van der Waals surface area contributed by atoms with Gasteiger partial charge in [0, 0.05) is 18.8 Å². The highest BCUT2D eigenvalue weighted by atomic mass is 32.1. The highest BCUT2D eigenvalue weighted by Crippen LogP contribution is 2.30. The van der Waals surface area contributed by atoms with Crippen molar-refractivity contribution in [1.29, 1.82) is 0 Å². The molecule has 0 bridgehead atoms. The summed E-state index contributed by atoms with van der Waals surface area (Å²) in [6.45, 7) is 4.79. The predicted octanol–water partition coefficient (Wildman–Crippen LogP) is 4.16. The Bertz CT molecular complexity index is 1190. The maximum atomic E-state index is 13.7. The Morgan fingerprint density at radius 2 is 1.83 bits per heavy atom. The molecule has 4 rings (SSSR count). The van der Waals surface area contributed by atoms with Crippen molar-refractivity contribution in [3.8, 4) is 0 Å². The first-order valence-electron chi connectivity index (χ1n) is 12.1. The Hall–Kier alpha value is -3.49. The molecule has 2 N–H and O–H groups in total. The van der Waals surface area contributed by atoms with E-state index in [0.717, 1.165) is 24.0 Å². The predicted molar refractivity (Wildman–Crippen MR) is 141 cm³/mol. The van der Waals surface area contributed by atoms with E-state index in [9.17, 15) is 14.4 Å². The molecule has 3 aromatic rings. The lowest BCUT2D eigenvalue weighted by Crippen LogP contribution is -2.48. The number of carbonyl (C=O) groups excluding carboxylic acids is 3. The second kappa shape index (κ2) is 12.0. The summed E-state index contributed by atoms with van der Waals surface area (Å²) in [5.41, 5.74) is 3.35. The van der Waals surface area contributed by atoms with E-state index in [1.807, 2.05) is 67.8 Å². The van der Waals surface area contributed by atoms with Crippen LogP contribution in [0.15, 0.2) is 66.0 Å². The molecule has 2 aromatic carbocycles. The van der Waals surface area contributed by atoms with Gasteiger partial charge in [0.15, 0.2) is 0 Å². The molecule has 188 valence electrons. The summed E-state index contributed by atoms with van der Waals surface area (Å²) in [4.78, 5) is 41.9. The molecule has 2 heterocycles. The molecule has 1 saturated heterocycles. The van der Waals surface area contributed by atoms with E-state index in [0.29, 0.717) is 29.3 Å². The lowest BCUT2D eigenvalue weighted by Gasteiger charge is -2.32. The van der Waals surface area contributed by atoms with Gasteiger partial charge in [-0.2, -0.15) is 0 Å². The number of nitrogens with zero attached hydrogens (tertiary/aromatic N) is 1. The quantitative estimate of drug-likeness (QED) is 0.457. The molecule has 2 unspecified atom stereocenters. The van der Waals surface area contributed by atoms with Crippen molar-refractivity contribution in [3.63, 3.8) is 0 Å². The third-order valence-electron chi connectivity index (χ3n) is 6.33. The van der Waals surface area contributed by atoms with Gasteiger partial charge in [0.2, 0.25) is 11.8 Å². The monoisotopic (exact) mass is 505 g/mol. The van der Waals surface area contributed by atoms with Crippen LogP contribution in [0.4, 0.5) is 5.69 Å². The first kappa shape index (κ1) is 25.6. The smallest absolute Gasteiger partial charge is 0.261 e. The fraction of sp³-hybridized carbons (Fsp3) is 0.321. The molecule has 0 radical (unpaired) electrons. The van der Waals surface area contributed by atoms with Crippen LogP contribution in [0.2, 0.25) is 0 Å². The molecule has 0 spiro atoms. The highest BCUT2D eigenvalue weighted by Gasteiger charge is 2.33. The van der Waals surface area contributed by atoms with E-state index in [2.05, 4.69) is 10.6 Å². The van der Waals surface area contributed by atoms with Crippen LogP contribution in [0.5, 0.6) is 0 Å². The van der Waals surface area contributed by atoms with Crippen molar-refractivity contribution in [2.24, 2.45) is 0 Å². The number of amides is 3. The van der Waals surface area contributed by atoms with Gasteiger partial charge in [0.25, 0.3) is 5.91 Å². The number of thiophene rings is 1. The molecular formula is C28H31N3O4S. The Kier molecular flexibility index (Phi) is 8.51. The molecule has 36 heavy (non-hydrogen) atoms. The summed E-state index contributed by atoms with van der Waals surface area (Å²) >= 11 is 1.30. The van der Waals surface area contributed by atoms with Crippen molar-refractivity contribution in [3.05, 3.63) is 87.6 Å². The molecule has 1 aliphatic heterocycles. The molecule has 8 heteroatoms. The fourth-order valence-electron chi connectivity index (χ4n) is 4.22. The maximum absolute atomic E-state index is 13.7. The standard InChI is InChI=1S/C28H31N3O4S/c1-19-12-13-22(16-20(19)2)31(25(32)18-30-27(33)24-11-7-15-36-24)26(21-8-4-3-5-9-21)28(34)29-17-23-10-6-14-35-23/h3-5,7-9,11-13,15-16,23,26H,6,10,14,17-18H2,1-2H3,(H,29,34)(H,30,33). The summed E-state index contributed by atoms with van der Waals surface area (Å²) in [7, 11) is 0. The average molecular weight is 506 g/mol. The number of rotatable bonds is 9. The van der Waals surface area contributed by atoms with Crippen LogP contribution in [-0.2, 0) is 14.3 Å². The van der Waals surface area contributed by atoms with E-state index in [-0.39, 0.29) is 30.4 Å². The average Bonchev–Trinajstić information content (AvgIpc) is 3.61. The number of hydrogen-bond donors (Lipinski definition) is 2. The van der Waals surface area contributed by atoms with E-state index in [4.69, 9.17) is 4.74 Å². The molecule has 1 aromatic heterocycles. The zero-order chi connectivity index (χ0) is 25.5. The van der Waals surface area contributed by atoms with Gasteiger partial charge >= 0.3 is 0 Å². The first-order chi connectivity index (χ1) is 17.4. The Labute approximate surface area is 215 Å². The van der Waals surface area contributed by atoms with Gasteiger partial charge in [-0.1, -0.05) is 42.5 Å². The molecule has 7 nitrogen and oxygen atoms in total. The van der Waals surface area contributed by atoms with E-state index >= 15 is 0 Å². The largest absolute Gasteiger partial charge is 0.376 e. The number of hydrogen-bond acceptors (Lipinski definition) is 5. The molecule has 3 amide bonds. The van der Waals surface area contributed by atoms with Gasteiger partial charge in [-0.25, -0.2) is 0 Å². The van der Waals surface area contributed by atoms with Crippen LogP contribution < -0.4 is 15.5 Å². The molecule has 2 atom stereocenters. The summed E-state index contributed by atoms with van der Waals surface area (Å²) in [5, 5.41) is 7.52.